The fraction of sp³-hybridized carbons (Fsp3) is 0.263. The van der Waals surface area contributed by atoms with Gasteiger partial charge in [-0.05, 0) is 61.1 Å². The molecule has 2 aromatic rings. The van der Waals surface area contributed by atoms with Gasteiger partial charge in [-0.1, -0.05) is 24.3 Å². The van der Waals surface area contributed by atoms with Gasteiger partial charge in [0.15, 0.2) is 6.19 Å². The summed E-state index contributed by atoms with van der Waals surface area (Å²) < 4.78 is 0. The lowest BCUT2D eigenvalue weighted by Gasteiger charge is -2.23. The second-order valence-electron chi connectivity index (χ2n) is 6.00. The van der Waals surface area contributed by atoms with Gasteiger partial charge in [0.2, 0.25) is 0 Å². The molecule has 5 nitrogen and oxygen atoms in total. The van der Waals surface area contributed by atoms with Gasteiger partial charge in [0.25, 0.3) is 0 Å². The van der Waals surface area contributed by atoms with Crippen LogP contribution in [0.5, 0.6) is 0 Å². The van der Waals surface area contributed by atoms with Gasteiger partial charge in [0.05, 0.1) is 11.4 Å². The van der Waals surface area contributed by atoms with Crippen LogP contribution < -0.4 is 16.0 Å². The number of aryl methyl sites for hydroxylation is 2. The van der Waals surface area contributed by atoms with E-state index in [1.807, 2.05) is 42.5 Å². The van der Waals surface area contributed by atoms with Crippen LogP contribution in [0.4, 0.5) is 16.2 Å². The molecule has 0 spiro atoms. The van der Waals surface area contributed by atoms with E-state index >= 15 is 0 Å². The van der Waals surface area contributed by atoms with E-state index in [-0.39, 0.29) is 6.04 Å². The van der Waals surface area contributed by atoms with Crippen LogP contribution in [0.1, 0.15) is 24.0 Å². The summed E-state index contributed by atoms with van der Waals surface area (Å²) in [5.74, 6) is 0. The number of nitrogens with one attached hydrogen (secondary N) is 1. The number of hydrogen-bond donors (Lipinski definition) is 2. The number of nitrogens with two attached hydrogens (primary N) is 1. The molecule has 2 amide bonds. The van der Waals surface area contributed by atoms with E-state index in [1.165, 1.54) is 16.0 Å². The number of urea groups is 1. The number of anilines is 2. The van der Waals surface area contributed by atoms with Gasteiger partial charge < -0.3 is 5.73 Å². The Hall–Kier alpha value is -2.84. The van der Waals surface area contributed by atoms with Gasteiger partial charge >= 0.3 is 6.03 Å². The third-order valence-electron chi connectivity index (χ3n) is 4.40. The molecule has 2 aromatic carbocycles. The predicted octanol–water partition coefficient (Wildman–Crippen LogP) is 3.22. The molecule has 5 heteroatoms. The molecule has 3 N–H and O–H groups in total. The molecular formula is C19H20N4O. The normalized spacial score (nSPS) is 16.4. The van der Waals surface area contributed by atoms with Crippen molar-refractivity contribution in [2.75, 3.05) is 4.90 Å². The molecule has 0 radical (unpaired) electrons. The number of benzene rings is 2. The van der Waals surface area contributed by atoms with E-state index in [1.54, 1.807) is 6.19 Å². The topological polar surface area (TPSA) is 82.2 Å². The number of nitrogens with zero attached hydrogens (tertiary/aromatic N) is 2. The summed E-state index contributed by atoms with van der Waals surface area (Å²) >= 11 is 0. The van der Waals surface area contributed by atoms with Crippen molar-refractivity contribution in [3.05, 3.63) is 59.7 Å². The first-order valence-corrected chi connectivity index (χ1v) is 8.10. The zero-order valence-corrected chi connectivity index (χ0v) is 13.4. The summed E-state index contributed by atoms with van der Waals surface area (Å²) in [4.78, 5) is 13.9. The van der Waals surface area contributed by atoms with Gasteiger partial charge in [-0.25, -0.2) is 10.1 Å². The summed E-state index contributed by atoms with van der Waals surface area (Å²) in [5.41, 5.74) is 10.1. The van der Waals surface area contributed by atoms with E-state index in [0.717, 1.165) is 37.1 Å². The number of carbonyl (C=O) groups excluding carboxylic acids is 1. The van der Waals surface area contributed by atoms with Gasteiger partial charge in [0.1, 0.15) is 0 Å². The summed E-state index contributed by atoms with van der Waals surface area (Å²) in [6, 6.07) is 15.1. The molecule has 0 saturated heterocycles. The molecule has 0 fully saturated rings. The maximum atomic E-state index is 12.4. The number of para-hydroxylation sites is 1. The minimum atomic E-state index is -0.464. The highest BCUT2D eigenvalue weighted by Gasteiger charge is 2.20. The van der Waals surface area contributed by atoms with E-state index in [9.17, 15) is 4.79 Å². The quantitative estimate of drug-likeness (QED) is 0.506. The Balaban J connectivity index is 2.00. The standard InChI is InChI=1S/C19H20N4O/c20-13-22-19(24)23(17-4-2-1-3-5-17)18-11-8-14-6-9-16(21)10-7-15(14)12-18/h1-5,8,11-12,16H,6-7,9-10,21H2,(H,22,24)/t16-/m0/s1. The molecule has 0 aliphatic heterocycles. The minimum absolute atomic E-state index is 0.230. The zero-order chi connectivity index (χ0) is 16.9. The van der Waals surface area contributed by atoms with Gasteiger partial charge in [-0.2, -0.15) is 5.26 Å². The molecule has 0 heterocycles. The molecule has 1 atom stereocenters. The number of nitriles is 1. The zero-order valence-electron chi connectivity index (χ0n) is 13.4. The fourth-order valence-corrected chi connectivity index (χ4v) is 3.12. The highest BCUT2D eigenvalue weighted by molar-refractivity contribution is 6.00. The Morgan fingerprint density at radius 2 is 1.79 bits per heavy atom. The predicted molar refractivity (Wildman–Crippen MR) is 93.8 cm³/mol. The molecule has 0 saturated carbocycles. The average Bonchev–Trinajstić information content (AvgIpc) is 2.78. The van der Waals surface area contributed by atoms with Gasteiger partial charge in [0, 0.05) is 6.04 Å². The molecule has 1 aliphatic carbocycles. The summed E-state index contributed by atoms with van der Waals surface area (Å²) in [5, 5.41) is 11.0. The molecule has 0 bridgehead atoms. The van der Waals surface area contributed by atoms with E-state index < -0.39 is 6.03 Å². The lowest BCUT2D eigenvalue weighted by Crippen LogP contribution is -2.34. The fourth-order valence-electron chi connectivity index (χ4n) is 3.12. The molecule has 122 valence electrons. The Kier molecular flexibility index (Phi) is 4.78. The molecular weight excluding hydrogens is 300 g/mol. The smallest absolute Gasteiger partial charge is 0.328 e. The summed E-state index contributed by atoms with van der Waals surface area (Å²) in [6.45, 7) is 0. The van der Waals surface area contributed by atoms with Crippen molar-refractivity contribution in [1.82, 2.24) is 5.32 Å². The lowest BCUT2D eigenvalue weighted by atomic mass is 10.0. The molecule has 0 aromatic heterocycles. The van der Waals surface area contributed by atoms with Crippen molar-refractivity contribution < 1.29 is 4.79 Å². The highest BCUT2D eigenvalue weighted by Crippen LogP contribution is 2.30. The summed E-state index contributed by atoms with van der Waals surface area (Å²) in [7, 11) is 0. The first-order chi connectivity index (χ1) is 11.7. The van der Waals surface area contributed by atoms with Crippen molar-refractivity contribution in [1.29, 1.82) is 5.26 Å². The van der Waals surface area contributed by atoms with Crippen LogP contribution in [0, 0.1) is 11.5 Å². The van der Waals surface area contributed by atoms with Crippen LogP contribution in [0.15, 0.2) is 48.5 Å². The van der Waals surface area contributed by atoms with E-state index in [4.69, 9.17) is 11.0 Å². The Labute approximate surface area is 141 Å². The van der Waals surface area contributed by atoms with Crippen LogP contribution in [-0.2, 0) is 12.8 Å². The maximum Gasteiger partial charge on any atom is 0.339 e. The molecule has 24 heavy (non-hydrogen) atoms. The first-order valence-electron chi connectivity index (χ1n) is 8.10. The van der Waals surface area contributed by atoms with Crippen LogP contribution >= 0.6 is 0 Å². The monoisotopic (exact) mass is 320 g/mol. The maximum absolute atomic E-state index is 12.4. The summed E-state index contributed by atoms with van der Waals surface area (Å²) in [6.07, 6.45) is 5.52. The largest absolute Gasteiger partial charge is 0.339 e. The first kappa shape index (κ1) is 16.0. The number of rotatable bonds is 2. The van der Waals surface area contributed by atoms with Crippen LogP contribution in [0.25, 0.3) is 0 Å². The lowest BCUT2D eigenvalue weighted by molar-refractivity contribution is 0.252. The average molecular weight is 320 g/mol. The van der Waals surface area contributed by atoms with E-state index in [2.05, 4.69) is 11.4 Å². The minimum Gasteiger partial charge on any atom is -0.328 e. The van der Waals surface area contributed by atoms with Crippen LogP contribution in [-0.4, -0.2) is 12.1 Å². The van der Waals surface area contributed by atoms with E-state index in [0.29, 0.717) is 0 Å². The van der Waals surface area contributed by atoms with Crippen LogP contribution in [0.2, 0.25) is 0 Å². The second-order valence-corrected chi connectivity index (χ2v) is 6.00. The number of hydrogen-bond acceptors (Lipinski definition) is 3. The number of fused-ring (bicyclic) bond motifs is 1. The van der Waals surface area contributed by atoms with Crippen molar-refractivity contribution in [3.63, 3.8) is 0 Å². The van der Waals surface area contributed by atoms with Crippen molar-refractivity contribution in [2.45, 2.75) is 31.7 Å². The number of carbonyl (C=O) groups is 1. The third-order valence-corrected chi connectivity index (χ3v) is 4.40. The van der Waals surface area contributed by atoms with Crippen molar-refractivity contribution >= 4 is 17.4 Å². The molecule has 0 unspecified atom stereocenters. The van der Waals surface area contributed by atoms with Gasteiger partial charge in [-0.15, -0.1) is 0 Å². The molecule has 1 aliphatic rings. The SMILES string of the molecule is N#CNC(=O)N(c1ccccc1)c1ccc2c(c1)CC[C@@H](N)CC2. The third kappa shape index (κ3) is 3.39. The molecule has 3 rings (SSSR count). The second kappa shape index (κ2) is 7.16. The van der Waals surface area contributed by atoms with Crippen molar-refractivity contribution in [2.24, 2.45) is 5.73 Å². The van der Waals surface area contributed by atoms with Crippen LogP contribution in [0.3, 0.4) is 0 Å². The highest BCUT2D eigenvalue weighted by atomic mass is 16.2. The van der Waals surface area contributed by atoms with Gasteiger partial charge in [-0.3, -0.25) is 4.90 Å². The Morgan fingerprint density at radius 1 is 1.08 bits per heavy atom. The Morgan fingerprint density at radius 3 is 2.50 bits per heavy atom. The number of amides is 2. The van der Waals surface area contributed by atoms with Crippen molar-refractivity contribution in [3.8, 4) is 6.19 Å². The Bertz CT molecular complexity index is 767.